The average molecular weight is 765 g/mol. The summed E-state index contributed by atoms with van der Waals surface area (Å²) in [7, 11) is 0. The van der Waals surface area contributed by atoms with Crippen LogP contribution in [0.15, 0.2) is 161 Å². The predicted octanol–water partition coefficient (Wildman–Crippen LogP) is 13.3. The minimum absolute atomic E-state index is 0.715. The molecule has 9 rings (SSSR count). The molecule has 0 fully saturated rings. The second-order valence-corrected chi connectivity index (χ2v) is 13.6. The summed E-state index contributed by atoms with van der Waals surface area (Å²) in [5, 5.41) is 4.85. The van der Waals surface area contributed by atoms with Gasteiger partial charge < -0.3 is 18.6 Å². The van der Waals surface area contributed by atoms with Crippen LogP contribution in [0.4, 0.5) is 0 Å². The second kappa shape index (κ2) is 12.0. The molecule has 0 radical (unpaired) electrons. The van der Waals surface area contributed by atoms with E-state index in [4.69, 9.17) is 9.47 Å². The van der Waals surface area contributed by atoms with E-state index in [0.717, 1.165) is 48.0 Å². The van der Waals surface area contributed by atoms with Crippen LogP contribution in [0.1, 0.15) is 5.56 Å². The van der Waals surface area contributed by atoms with E-state index in [9.17, 15) is 0 Å². The lowest BCUT2D eigenvalue weighted by Crippen LogP contribution is -1.99. The Morgan fingerprint density at radius 3 is 1.04 bits per heavy atom. The van der Waals surface area contributed by atoms with Crippen molar-refractivity contribution in [3.63, 3.8) is 0 Å². The van der Waals surface area contributed by atoms with Gasteiger partial charge in [-0.25, -0.2) is 0 Å². The van der Waals surface area contributed by atoms with E-state index in [1.165, 1.54) is 21.5 Å². The van der Waals surface area contributed by atoms with Crippen LogP contribution < -0.4 is 9.47 Å². The highest BCUT2D eigenvalue weighted by Gasteiger charge is 2.19. The number of ether oxygens (including phenoxy) is 2. The number of halogens is 2. The molecule has 7 aromatic carbocycles. The maximum Gasteiger partial charge on any atom is 0.143 e. The molecule has 6 heteroatoms. The van der Waals surface area contributed by atoms with E-state index in [2.05, 4.69) is 150 Å². The lowest BCUT2D eigenvalue weighted by atomic mass is 10.2. The first-order valence-corrected chi connectivity index (χ1v) is 17.7. The number of rotatable bonds is 6. The maximum absolute atomic E-state index is 6.63. The highest BCUT2D eigenvalue weighted by Crippen LogP contribution is 2.43. The summed E-state index contributed by atoms with van der Waals surface area (Å²) in [6.07, 6.45) is 0. The van der Waals surface area contributed by atoms with E-state index < -0.39 is 0 Å². The third kappa shape index (κ3) is 4.86. The molecule has 0 saturated heterocycles. The Morgan fingerprint density at radius 1 is 0.367 bits per heavy atom. The Balaban J connectivity index is 1.08. The lowest BCUT2D eigenvalue weighted by Gasteiger charge is -2.18. The Labute approximate surface area is 300 Å². The van der Waals surface area contributed by atoms with Gasteiger partial charge >= 0.3 is 0 Å². The first-order valence-electron chi connectivity index (χ1n) is 16.1. The fourth-order valence-electron chi connectivity index (χ4n) is 6.92. The van der Waals surface area contributed by atoms with Gasteiger partial charge in [-0.3, -0.25) is 0 Å². The molecule has 236 valence electrons. The number of aromatic nitrogens is 2. The van der Waals surface area contributed by atoms with Crippen molar-refractivity contribution in [3.8, 4) is 34.4 Å². The molecule has 2 heterocycles. The molecule has 0 atom stereocenters. The minimum Gasteiger partial charge on any atom is -0.456 e. The Morgan fingerprint density at radius 2 is 0.673 bits per heavy atom. The van der Waals surface area contributed by atoms with E-state index in [0.29, 0.717) is 23.0 Å². The van der Waals surface area contributed by atoms with E-state index in [1.54, 1.807) is 0 Å². The normalized spacial score (nSPS) is 11.6. The van der Waals surface area contributed by atoms with Gasteiger partial charge in [-0.15, -0.1) is 0 Å². The van der Waals surface area contributed by atoms with Gasteiger partial charge in [0.05, 0.1) is 42.4 Å². The summed E-state index contributed by atoms with van der Waals surface area (Å²) in [4.78, 5) is 0. The molecule has 0 spiro atoms. The summed E-state index contributed by atoms with van der Waals surface area (Å²) in [6.45, 7) is 2.03. The van der Waals surface area contributed by atoms with Crippen LogP contribution in [-0.4, -0.2) is 9.13 Å². The quantitative estimate of drug-likeness (QED) is 0.169. The molecule has 4 nitrogen and oxygen atoms in total. The Hall–Kier alpha value is -5.30. The summed E-state index contributed by atoms with van der Waals surface area (Å²) >= 11 is 7.83. The molecule has 0 N–H and O–H groups in total. The topological polar surface area (TPSA) is 28.3 Å². The minimum atomic E-state index is 0.715. The van der Waals surface area contributed by atoms with Gasteiger partial charge in [0.15, 0.2) is 0 Å². The van der Waals surface area contributed by atoms with E-state index in [-0.39, 0.29) is 0 Å². The SMILES string of the molecule is Cc1c(Oc2cccc(-n3c4ccccc4c4ccccc43)c2Br)cccc1Oc1cccc(-n2c3ccccc3c3ccccc32)c1Br. The molecule has 2 aromatic heterocycles. The van der Waals surface area contributed by atoms with Crippen LogP contribution in [-0.2, 0) is 0 Å². The standard InChI is InChI=1S/C43H28Br2N2O2/c1-27-38(48-40-25-10-21-36(42(40)44)46-32-17-6-2-13-28(32)29-14-3-7-18-33(29)46)23-12-24-39(27)49-41-26-11-22-37(43(41)45)47-34-19-8-4-15-30(34)31-16-5-9-20-35(31)47/h2-26H,1H3. The number of nitrogens with zero attached hydrogens (tertiary/aromatic N) is 2. The molecule has 49 heavy (non-hydrogen) atoms. The Kier molecular flexibility index (Phi) is 7.29. The summed E-state index contributed by atoms with van der Waals surface area (Å²) in [6, 6.07) is 52.2. The number of hydrogen-bond donors (Lipinski definition) is 0. The average Bonchev–Trinajstić information content (AvgIpc) is 3.65. The van der Waals surface area contributed by atoms with Gasteiger partial charge in [-0.2, -0.15) is 0 Å². The molecular formula is C43H28Br2N2O2. The second-order valence-electron chi connectivity index (χ2n) is 12.0. The third-order valence-corrected chi connectivity index (χ3v) is 10.8. The van der Waals surface area contributed by atoms with Crippen molar-refractivity contribution in [2.45, 2.75) is 6.92 Å². The number of benzene rings is 7. The van der Waals surface area contributed by atoms with Gasteiger partial charge in [-0.1, -0.05) is 91.0 Å². The zero-order valence-corrected chi connectivity index (χ0v) is 29.6. The van der Waals surface area contributed by atoms with Crippen molar-refractivity contribution < 1.29 is 9.47 Å². The molecule has 0 bridgehead atoms. The largest absolute Gasteiger partial charge is 0.456 e. The fourth-order valence-corrected chi connectivity index (χ4v) is 7.96. The van der Waals surface area contributed by atoms with Crippen LogP contribution in [0, 0.1) is 6.92 Å². The number of fused-ring (bicyclic) bond motifs is 6. The van der Waals surface area contributed by atoms with Crippen LogP contribution in [0.5, 0.6) is 23.0 Å². The van der Waals surface area contributed by atoms with Crippen molar-refractivity contribution >= 4 is 75.5 Å². The van der Waals surface area contributed by atoms with Crippen LogP contribution in [0.25, 0.3) is 55.0 Å². The van der Waals surface area contributed by atoms with Gasteiger partial charge in [0, 0.05) is 27.1 Å². The van der Waals surface area contributed by atoms with Crippen molar-refractivity contribution in [1.82, 2.24) is 9.13 Å². The maximum atomic E-state index is 6.63. The molecule has 0 aliphatic carbocycles. The zero-order chi connectivity index (χ0) is 33.1. The van der Waals surface area contributed by atoms with Crippen LogP contribution in [0.2, 0.25) is 0 Å². The summed E-state index contributed by atoms with van der Waals surface area (Å²) < 4.78 is 19.6. The molecule has 0 aliphatic heterocycles. The highest BCUT2D eigenvalue weighted by molar-refractivity contribution is 9.11. The highest BCUT2D eigenvalue weighted by atomic mass is 79.9. The summed E-state index contributed by atoms with van der Waals surface area (Å²) in [5.74, 6) is 2.86. The monoisotopic (exact) mass is 762 g/mol. The predicted molar refractivity (Wildman–Crippen MR) is 208 cm³/mol. The molecule has 0 unspecified atom stereocenters. The first kappa shape index (κ1) is 29.8. The fraction of sp³-hybridized carbons (Fsp3) is 0.0233. The van der Waals surface area contributed by atoms with E-state index in [1.807, 2.05) is 49.4 Å². The molecule has 0 aliphatic rings. The Bertz CT molecular complexity index is 2430. The van der Waals surface area contributed by atoms with E-state index >= 15 is 0 Å². The van der Waals surface area contributed by atoms with Crippen LogP contribution >= 0.6 is 31.9 Å². The van der Waals surface area contributed by atoms with Gasteiger partial charge in [-0.05, 0) is 99.4 Å². The number of hydrogen-bond acceptors (Lipinski definition) is 2. The first-order chi connectivity index (χ1) is 24.1. The smallest absolute Gasteiger partial charge is 0.143 e. The number of para-hydroxylation sites is 4. The molecule has 9 aromatic rings. The molecule has 0 amide bonds. The lowest BCUT2D eigenvalue weighted by molar-refractivity contribution is 0.451. The van der Waals surface area contributed by atoms with Crippen molar-refractivity contribution in [1.29, 1.82) is 0 Å². The van der Waals surface area contributed by atoms with Crippen molar-refractivity contribution in [3.05, 3.63) is 166 Å². The van der Waals surface area contributed by atoms with Gasteiger partial charge in [0.25, 0.3) is 0 Å². The summed E-state index contributed by atoms with van der Waals surface area (Å²) in [5.41, 5.74) is 7.47. The molecular weight excluding hydrogens is 736 g/mol. The molecule has 0 saturated carbocycles. The van der Waals surface area contributed by atoms with Gasteiger partial charge in [0.2, 0.25) is 0 Å². The van der Waals surface area contributed by atoms with Gasteiger partial charge in [0.1, 0.15) is 23.0 Å². The zero-order valence-electron chi connectivity index (χ0n) is 26.4. The third-order valence-electron chi connectivity index (χ3n) is 9.20. The van der Waals surface area contributed by atoms with Crippen molar-refractivity contribution in [2.75, 3.05) is 0 Å². The van der Waals surface area contributed by atoms with Crippen LogP contribution in [0.3, 0.4) is 0 Å². The van der Waals surface area contributed by atoms with Crippen molar-refractivity contribution in [2.24, 2.45) is 0 Å².